The third-order valence-corrected chi connectivity index (χ3v) is 4.72. The summed E-state index contributed by atoms with van der Waals surface area (Å²) < 4.78 is 3.61. The molecule has 0 aliphatic rings. The Morgan fingerprint density at radius 3 is 2.22 bits per heavy atom. The number of fused-ring (bicyclic) bond motifs is 3. The highest BCUT2D eigenvalue weighted by Gasteiger charge is 2.16. The minimum absolute atomic E-state index is 0.00889. The Bertz CT molecular complexity index is 964. The third-order valence-electron chi connectivity index (χ3n) is 3.89. The number of para-hydroxylation sites is 2. The van der Waals surface area contributed by atoms with E-state index < -0.39 is 0 Å². The SMILES string of the molecule is Cn1cnnc1CSC(=O)n1c2ccccc2c2ccccc21. The summed E-state index contributed by atoms with van der Waals surface area (Å²) >= 11 is 1.24. The van der Waals surface area contributed by atoms with Crippen LogP contribution in [-0.4, -0.2) is 24.6 Å². The van der Waals surface area contributed by atoms with Gasteiger partial charge in [-0.1, -0.05) is 48.2 Å². The van der Waals surface area contributed by atoms with Crippen LogP contribution in [0.3, 0.4) is 0 Å². The van der Waals surface area contributed by atoms with E-state index in [4.69, 9.17) is 0 Å². The van der Waals surface area contributed by atoms with Gasteiger partial charge in [-0.3, -0.25) is 9.36 Å². The van der Waals surface area contributed by atoms with Crippen LogP contribution in [-0.2, 0) is 12.8 Å². The maximum absolute atomic E-state index is 12.8. The minimum atomic E-state index is -0.00889. The van der Waals surface area contributed by atoms with Crippen molar-refractivity contribution < 1.29 is 4.79 Å². The molecule has 0 saturated carbocycles. The second-order valence-corrected chi connectivity index (χ2v) is 6.21. The van der Waals surface area contributed by atoms with E-state index in [-0.39, 0.29) is 5.24 Å². The molecule has 2 aromatic carbocycles. The van der Waals surface area contributed by atoms with Gasteiger partial charge in [-0.05, 0) is 12.1 Å². The fraction of sp³-hybridized carbons (Fsp3) is 0.118. The first-order chi connectivity index (χ1) is 11.3. The zero-order valence-electron chi connectivity index (χ0n) is 12.5. The Morgan fingerprint density at radius 2 is 1.65 bits per heavy atom. The van der Waals surface area contributed by atoms with Crippen molar-refractivity contribution in [1.82, 2.24) is 19.3 Å². The standard InChI is InChI=1S/C17H14N4OS/c1-20-11-18-19-16(20)10-23-17(22)21-14-8-4-2-6-12(14)13-7-3-5-9-15(13)21/h2-9,11H,10H2,1H3. The summed E-state index contributed by atoms with van der Waals surface area (Å²) in [6.07, 6.45) is 1.64. The minimum Gasteiger partial charge on any atom is -0.320 e. The molecule has 114 valence electrons. The van der Waals surface area contributed by atoms with Gasteiger partial charge < -0.3 is 4.57 Å². The van der Waals surface area contributed by atoms with E-state index in [1.54, 1.807) is 10.9 Å². The van der Waals surface area contributed by atoms with Crippen molar-refractivity contribution in [2.75, 3.05) is 0 Å². The van der Waals surface area contributed by atoms with Gasteiger partial charge in [0.25, 0.3) is 5.24 Å². The van der Waals surface area contributed by atoms with E-state index in [0.29, 0.717) is 5.75 Å². The molecule has 0 unspecified atom stereocenters. The Balaban J connectivity index is 1.77. The predicted molar refractivity (Wildman–Crippen MR) is 92.5 cm³/mol. The van der Waals surface area contributed by atoms with Crippen LogP contribution in [0.15, 0.2) is 54.9 Å². The van der Waals surface area contributed by atoms with E-state index in [9.17, 15) is 4.79 Å². The molecular weight excluding hydrogens is 308 g/mol. The number of hydrogen-bond donors (Lipinski definition) is 0. The summed E-state index contributed by atoms with van der Waals surface area (Å²) in [5.41, 5.74) is 1.87. The zero-order chi connectivity index (χ0) is 15.8. The summed E-state index contributed by atoms with van der Waals surface area (Å²) in [7, 11) is 1.88. The predicted octanol–water partition coefficient (Wildman–Crippen LogP) is 3.82. The monoisotopic (exact) mass is 322 g/mol. The zero-order valence-corrected chi connectivity index (χ0v) is 13.3. The molecule has 0 aliphatic carbocycles. The van der Waals surface area contributed by atoms with E-state index in [1.165, 1.54) is 11.8 Å². The van der Waals surface area contributed by atoms with Gasteiger partial charge in [0.05, 0.1) is 16.8 Å². The van der Waals surface area contributed by atoms with E-state index in [1.807, 2.05) is 48.0 Å². The molecule has 0 amide bonds. The second kappa shape index (κ2) is 5.55. The van der Waals surface area contributed by atoms with Crippen LogP contribution in [0.4, 0.5) is 4.79 Å². The maximum Gasteiger partial charge on any atom is 0.291 e. The Hall–Kier alpha value is -2.60. The molecule has 2 heterocycles. The number of aryl methyl sites for hydroxylation is 1. The van der Waals surface area contributed by atoms with Crippen LogP contribution < -0.4 is 0 Å². The first-order valence-corrected chi connectivity index (χ1v) is 8.22. The largest absolute Gasteiger partial charge is 0.320 e. The van der Waals surface area contributed by atoms with Crippen molar-refractivity contribution in [3.05, 3.63) is 60.7 Å². The summed E-state index contributed by atoms with van der Waals surface area (Å²) in [4.78, 5) is 12.8. The fourth-order valence-corrected chi connectivity index (χ4v) is 3.59. The molecular formula is C17H14N4OS. The molecule has 0 saturated heterocycles. The second-order valence-electron chi connectivity index (χ2n) is 5.28. The maximum atomic E-state index is 12.8. The molecule has 4 aromatic rings. The summed E-state index contributed by atoms with van der Waals surface area (Å²) in [5, 5.41) is 10.0. The lowest BCUT2D eigenvalue weighted by atomic mass is 10.2. The molecule has 4 rings (SSSR count). The molecule has 0 N–H and O–H groups in total. The highest BCUT2D eigenvalue weighted by molar-refractivity contribution is 8.12. The van der Waals surface area contributed by atoms with Gasteiger partial charge in [-0.2, -0.15) is 0 Å². The molecule has 2 aromatic heterocycles. The number of rotatable bonds is 2. The van der Waals surface area contributed by atoms with Crippen LogP contribution in [0, 0.1) is 0 Å². The Morgan fingerprint density at radius 1 is 1.04 bits per heavy atom. The van der Waals surface area contributed by atoms with Crippen molar-refractivity contribution in [3.63, 3.8) is 0 Å². The lowest BCUT2D eigenvalue weighted by molar-refractivity contribution is 0.263. The highest BCUT2D eigenvalue weighted by Crippen LogP contribution is 2.30. The van der Waals surface area contributed by atoms with Gasteiger partial charge in [-0.25, -0.2) is 0 Å². The van der Waals surface area contributed by atoms with Gasteiger partial charge >= 0.3 is 0 Å². The van der Waals surface area contributed by atoms with E-state index in [2.05, 4.69) is 22.3 Å². The number of carbonyl (C=O) groups excluding carboxylic acids is 1. The topological polar surface area (TPSA) is 52.7 Å². The van der Waals surface area contributed by atoms with E-state index >= 15 is 0 Å². The third kappa shape index (κ3) is 2.31. The quantitative estimate of drug-likeness (QED) is 0.563. The Labute approximate surface area is 136 Å². The van der Waals surface area contributed by atoms with Gasteiger partial charge in [0, 0.05) is 17.8 Å². The van der Waals surface area contributed by atoms with Crippen LogP contribution in [0.2, 0.25) is 0 Å². The Kier molecular flexibility index (Phi) is 3.38. The number of aromatic nitrogens is 4. The van der Waals surface area contributed by atoms with Crippen molar-refractivity contribution in [3.8, 4) is 0 Å². The molecule has 5 nitrogen and oxygen atoms in total. The smallest absolute Gasteiger partial charge is 0.291 e. The van der Waals surface area contributed by atoms with Crippen molar-refractivity contribution >= 4 is 38.8 Å². The molecule has 0 radical (unpaired) electrons. The molecule has 0 fully saturated rings. The molecule has 0 aliphatic heterocycles. The highest BCUT2D eigenvalue weighted by atomic mass is 32.2. The van der Waals surface area contributed by atoms with Crippen molar-refractivity contribution in [2.24, 2.45) is 7.05 Å². The van der Waals surface area contributed by atoms with Gasteiger partial charge in [0.1, 0.15) is 12.2 Å². The summed E-state index contributed by atoms with van der Waals surface area (Å²) in [6.45, 7) is 0. The van der Waals surface area contributed by atoms with Crippen LogP contribution in [0.25, 0.3) is 21.8 Å². The van der Waals surface area contributed by atoms with Crippen LogP contribution in [0.5, 0.6) is 0 Å². The van der Waals surface area contributed by atoms with Crippen molar-refractivity contribution in [1.29, 1.82) is 0 Å². The van der Waals surface area contributed by atoms with Crippen molar-refractivity contribution in [2.45, 2.75) is 5.75 Å². The first kappa shape index (κ1) is 14.0. The van der Waals surface area contributed by atoms with Crippen LogP contribution >= 0.6 is 11.8 Å². The lowest BCUT2D eigenvalue weighted by Crippen LogP contribution is -2.06. The van der Waals surface area contributed by atoms with Gasteiger partial charge in [0.2, 0.25) is 0 Å². The van der Waals surface area contributed by atoms with E-state index in [0.717, 1.165) is 27.6 Å². The number of hydrogen-bond acceptors (Lipinski definition) is 4. The molecule has 0 bridgehead atoms. The van der Waals surface area contributed by atoms with Crippen LogP contribution in [0.1, 0.15) is 5.82 Å². The fourth-order valence-electron chi connectivity index (χ4n) is 2.75. The lowest BCUT2D eigenvalue weighted by Gasteiger charge is -2.05. The number of benzene rings is 2. The molecule has 0 spiro atoms. The molecule has 23 heavy (non-hydrogen) atoms. The normalized spacial score (nSPS) is 11.3. The average Bonchev–Trinajstić information content (AvgIpc) is 3.14. The summed E-state index contributed by atoms with van der Waals surface area (Å²) in [6, 6.07) is 16.0. The average molecular weight is 322 g/mol. The number of carbonyl (C=O) groups is 1. The summed E-state index contributed by atoms with van der Waals surface area (Å²) in [5.74, 6) is 1.28. The first-order valence-electron chi connectivity index (χ1n) is 7.24. The number of thioether (sulfide) groups is 1. The van der Waals surface area contributed by atoms with Gasteiger partial charge in [0.15, 0.2) is 0 Å². The van der Waals surface area contributed by atoms with Gasteiger partial charge in [-0.15, -0.1) is 10.2 Å². The molecule has 0 atom stereocenters. The molecule has 6 heteroatoms. The number of nitrogens with zero attached hydrogens (tertiary/aromatic N) is 4.